The number of nitrogens with zero attached hydrogens (tertiary/aromatic N) is 1. The Bertz CT molecular complexity index is 966. The number of rotatable bonds is 6. The third-order valence-corrected chi connectivity index (χ3v) is 6.44. The maximum Gasteiger partial charge on any atom is 0.311 e. The second-order valence-electron chi connectivity index (χ2n) is 7.47. The number of carbonyl (C=O) groups is 3. The zero-order valence-corrected chi connectivity index (χ0v) is 18.9. The first-order chi connectivity index (χ1) is 14.3. The minimum absolute atomic E-state index is 0.0869. The Morgan fingerprint density at radius 1 is 1.20 bits per heavy atom. The maximum absolute atomic E-state index is 12.5. The summed E-state index contributed by atoms with van der Waals surface area (Å²) < 4.78 is 6.19. The molecule has 158 valence electrons. The Morgan fingerprint density at radius 3 is 2.53 bits per heavy atom. The number of aryl methyl sites for hydroxylation is 3. The first-order valence-corrected chi connectivity index (χ1v) is 10.7. The fourth-order valence-corrected chi connectivity index (χ4v) is 3.87. The summed E-state index contributed by atoms with van der Waals surface area (Å²) in [5.41, 5.74) is 4.53. The molecule has 1 heterocycles. The molecule has 0 bridgehead atoms. The highest BCUT2D eigenvalue weighted by atomic mass is 79.9. The molecule has 0 spiro atoms. The Morgan fingerprint density at radius 2 is 1.87 bits per heavy atom. The molecule has 1 N–H and O–H groups in total. The topological polar surface area (TPSA) is 75.7 Å². The van der Waals surface area contributed by atoms with Crippen molar-refractivity contribution in [1.29, 1.82) is 0 Å². The molecular weight excluding hydrogens is 448 g/mol. The lowest BCUT2D eigenvalue weighted by Gasteiger charge is -2.19. The maximum atomic E-state index is 12.5. The van der Waals surface area contributed by atoms with Crippen LogP contribution in [0.15, 0.2) is 40.9 Å². The number of para-hydroxylation sites is 1. The number of hydrogen-bond acceptors (Lipinski definition) is 4. The third-order valence-electron chi connectivity index (χ3n) is 5.19. The van der Waals surface area contributed by atoms with Gasteiger partial charge in [0.1, 0.15) is 0 Å². The van der Waals surface area contributed by atoms with Crippen LogP contribution >= 0.6 is 15.9 Å². The first kappa shape index (κ1) is 22.0. The average molecular weight is 473 g/mol. The van der Waals surface area contributed by atoms with Crippen molar-refractivity contribution in [3.63, 3.8) is 0 Å². The van der Waals surface area contributed by atoms with Gasteiger partial charge in [0.25, 0.3) is 5.91 Å². The van der Waals surface area contributed by atoms with E-state index in [-0.39, 0.29) is 25.5 Å². The molecule has 1 aliphatic rings. The van der Waals surface area contributed by atoms with E-state index in [1.807, 2.05) is 57.2 Å². The number of carbonyl (C=O) groups excluding carboxylic acids is 3. The number of benzene rings is 2. The Hall–Kier alpha value is -2.67. The summed E-state index contributed by atoms with van der Waals surface area (Å²) in [7, 11) is 0. The van der Waals surface area contributed by atoms with Crippen LogP contribution in [0.25, 0.3) is 0 Å². The molecule has 30 heavy (non-hydrogen) atoms. The van der Waals surface area contributed by atoms with Gasteiger partial charge in [0.15, 0.2) is 6.61 Å². The van der Waals surface area contributed by atoms with E-state index >= 15 is 0 Å². The van der Waals surface area contributed by atoms with Crippen LogP contribution in [0.1, 0.15) is 30.0 Å². The van der Waals surface area contributed by atoms with Crippen molar-refractivity contribution in [3.8, 4) is 0 Å². The van der Waals surface area contributed by atoms with Gasteiger partial charge in [-0.05, 0) is 55.2 Å². The van der Waals surface area contributed by atoms with E-state index in [4.69, 9.17) is 4.74 Å². The summed E-state index contributed by atoms with van der Waals surface area (Å²) in [6.45, 7) is 5.78. The van der Waals surface area contributed by atoms with Crippen LogP contribution in [-0.4, -0.2) is 30.9 Å². The Labute approximate surface area is 184 Å². The quantitative estimate of drug-likeness (QED) is 0.640. The molecule has 1 atom stereocenters. The normalized spacial score (nSPS) is 15.9. The zero-order valence-electron chi connectivity index (χ0n) is 17.3. The van der Waals surface area contributed by atoms with Gasteiger partial charge in [0, 0.05) is 28.8 Å². The lowest BCUT2D eigenvalue weighted by atomic mass is 10.1. The molecule has 0 unspecified atom stereocenters. The van der Waals surface area contributed by atoms with Crippen molar-refractivity contribution >= 4 is 45.1 Å². The largest absolute Gasteiger partial charge is 0.455 e. The molecule has 1 aliphatic heterocycles. The van der Waals surface area contributed by atoms with Crippen molar-refractivity contribution in [2.75, 3.05) is 23.4 Å². The standard InChI is InChI=1S/C23H25BrN2O4/c1-4-16-7-5-6-8-19(16)26-12-17(11-21(26)28)23(29)30-13-20(27)25-18-9-14(2)22(24)15(3)10-18/h5-10,17H,4,11-13H2,1-3H3,(H,25,27)/t17-/m1/s1. The van der Waals surface area contributed by atoms with Gasteiger partial charge < -0.3 is 15.0 Å². The molecule has 2 amide bonds. The molecule has 3 rings (SSSR count). The summed E-state index contributed by atoms with van der Waals surface area (Å²) in [6.07, 6.45) is 0.883. The van der Waals surface area contributed by atoms with E-state index in [2.05, 4.69) is 21.2 Å². The Balaban J connectivity index is 1.56. The van der Waals surface area contributed by atoms with Gasteiger partial charge in [0.2, 0.25) is 5.91 Å². The van der Waals surface area contributed by atoms with Crippen LogP contribution in [-0.2, 0) is 25.5 Å². The average Bonchev–Trinajstić information content (AvgIpc) is 3.11. The van der Waals surface area contributed by atoms with E-state index in [0.29, 0.717) is 5.69 Å². The van der Waals surface area contributed by atoms with E-state index in [9.17, 15) is 14.4 Å². The number of amides is 2. The number of anilines is 2. The summed E-state index contributed by atoms with van der Waals surface area (Å²) in [5, 5.41) is 2.74. The molecule has 0 radical (unpaired) electrons. The molecule has 6 nitrogen and oxygen atoms in total. The van der Waals surface area contributed by atoms with E-state index in [1.54, 1.807) is 4.90 Å². The van der Waals surface area contributed by atoms with Gasteiger partial charge in [-0.2, -0.15) is 0 Å². The van der Waals surface area contributed by atoms with E-state index in [1.165, 1.54) is 0 Å². The number of esters is 1. The van der Waals surface area contributed by atoms with Crippen LogP contribution in [0.5, 0.6) is 0 Å². The highest BCUT2D eigenvalue weighted by Crippen LogP contribution is 2.29. The highest BCUT2D eigenvalue weighted by Gasteiger charge is 2.37. The van der Waals surface area contributed by atoms with Crippen molar-refractivity contribution in [3.05, 3.63) is 57.6 Å². The third kappa shape index (κ3) is 4.90. The van der Waals surface area contributed by atoms with Crippen LogP contribution in [0.4, 0.5) is 11.4 Å². The van der Waals surface area contributed by atoms with E-state index in [0.717, 1.165) is 33.3 Å². The lowest BCUT2D eigenvalue weighted by molar-refractivity contribution is -0.151. The summed E-state index contributed by atoms with van der Waals surface area (Å²) in [6, 6.07) is 11.4. The lowest BCUT2D eigenvalue weighted by Crippen LogP contribution is -2.28. The molecule has 0 aromatic heterocycles. The summed E-state index contributed by atoms with van der Waals surface area (Å²) in [4.78, 5) is 38.7. The molecule has 0 saturated carbocycles. The fourth-order valence-electron chi connectivity index (χ4n) is 3.64. The second kappa shape index (κ2) is 9.43. The van der Waals surface area contributed by atoms with Crippen LogP contribution in [0.2, 0.25) is 0 Å². The summed E-state index contributed by atoms with van der Waals surface area (Å²) in [5.74, 6) is -1.63. The molecule has 2 aromatic rings. The summed E-state index contributed by atoms with van der Waals surface area (Å²) >= 11 is 3.49. The predicted octanol–water partition coefficient (Wildman–Crippen LogP) is 4.16. The molecular formula is C23H25BrN2O4. The minimum Gasteiger partial charge on any atom is -0.455 e. The number of hydrogen-bond donors (Lipinski definition) is 1. The molecule has 7 heteroatoms. The van der Waals surface area contributed by atoms with Gasteiger partial charge in [-0.1, -0.05) is 41.1 Å². The SMILES string of the molecule is CCc1ccccc1N1C[C@H](C(=O)OCC(=O)Nc2cc(C)c(Br)c(C)c2)CC1=O. The van der Waals surface area contributed by atoms with Crippen LogP contribution < -0.4 is 10.2 Å². The van der Waals surface area contributed by atoms with Crippen molar-refractivity contribution in [2.45, 2.75) is 33.6 Å². The predicted molar refractivity (Wildman–Crippen MR) is 119 cm³/mol. The molecule has 1 saturated heterocycles. The number of halogens is 1. The molecule has 2 aromatic carbocycles. The fraction of sp³-hybridized carbons (Fsp3) is 0.348. The van der Waals surface area contributed by atoms with Gasteiger partial charge in [-0.25, -0.2) is 0 Å². The molecule has 0 aliphatic carbocycles. The first-order valence-electron chi connectivity index (χ1n) is 9.91. The molecule has 1 fully saturated rings. The van der Waals surface area contributed by atoms with Gasteiger partial charge in [-0.3, -0.25) is 14.4 Å². The second-order valence-corrected chi connectivity index (χ2v) is 8.26. The van der Waals surface area contributed by atoms with Gasteiger partial charge in [-0.15, -0.1) is 0 Å². The smallest absolute Gasteiger partial charge is 0.311 e. The monoisotopic (exact) mass is 472 g/mol. The Kier molecular flexibility index (Phi) is 6.92. The van der Waals surface area contributed by atoms with Gasteiger partial charge >= 0.3 is 5.97 Å². The van der Waals surface area contributed by atoms with Crippen molar-refractivity contribution in [1.82, 2.24) is 0 Å². The van der Waals surface area contributed by atoms with Crippen molar-refractivity contribution in [2.24, 2.45) is 5.92 Å². The number of nitrogens with one attached hydrogen (secondary N) is 1. The van der Waals surface area contributed by atoms with Crippen molar-refractivity contribution < 1.29 is 19.1 Å². The highest BCUT2D eigenvalue weighted by molar-refractivity contribution is 9.10. The van der Waals surface area contributed by atoms with Gasteiger partial charge in [0.05, 0.1) is 5.92 Å². The minimum atomic E-state index is -0.576. The number of ether oxygens (including phenoxy) is 1. The zero-order chi connectivity index (χ0) is 21.8. The van der Waals surface area contributed by atoms with Crippen LogP contribution in [0.3, 0.4) is 0 Å². The van der Waals surface area contributed by atoms with E-state index < -0.39 is 17.8 Å². The van der Waals surface area contributed by atoms with Crippen LogP contribution in [0, 0.1) is 19.8 Å².